The monoisotopic (exact) mass is 427 g/mol. The van der Waals surface area contributed by atoms with Crippen LogP contribution in [0.4, 0.5) is 0 Å². The Labute approximate surface area is 172 Å². The molecule has 2 rings (SSSR count). The minimum absolute atomic E-state index is 0.358. The second-order valence-corrected chi connectivity index (χ2v) is 10.6. The van der Waals surface area contributed by atoms with Crippen LogP contribution in [-0.2, 0) is 20.7 Å². The largest absolute Gasteiger partial charge is 0.531 e. The Morgan fingerprint density at radius 3 is 1.96 bits per heavy atom. The van der Waals surface area contributed by atoms with Crippen LogP contribution < -0.4 is 4.52 Å². The van der Waals surface area contributed by atoms with Crippen LogP contribution in [0.2, 0.25) is 0 Å². The Balaban J connectivity index is 2.61. The van der Waals surface area contributed by atoms with Gasteiger partial charge < -0.3 is 9.09 Å². The molecule has 0 saturated heterocycles. The number of benzene rings is 1. The van der Waals surface area contributed by atoms with Crippen molar-refractivity contribution in [3.05, 3.63) is 28.0 Å². The number of phosphoric ester groups is 1. The van der Waals surface area contributed by atoms with Crippen LogP contribution in [0.25, 0.3) is 11.4 Å². The number of aromatic nitrogens is 3. The third-order valence-corrected chi connectivity index (χ3v) is 6.03. The summed E-state index contributed by atoms with van der Waals surface area (Å²) in [5, 5.41) is 7.06. The van der Waals surface area contributed by atoms with Crippen molar-refractivity contribution in [1.29, 1.82) is 0 Å². The Bertz CT molecular complexity index is 947. The number of hydrogen-bond donors (Lipinski definition) is 1. The number of aromatic amines is 1. The van der Waals surface area contributed by atoms with Gasteiger partial charge in [-0.15, -0.1) is 0 Å². The standard InChI is InChI=1S/C19H30N3O4PS/c1-12-10-14(16-20-21-17(28)22(16)9)15(11-13(12)2)24-27(23,25-18(3,4)5)26-19(6,7)8/h10-11H,1-9H3,(H,21,28). The van der Waals surface area contributed by atoms with Gasteiger partial charge in [0.1, 0.15) is 5.75 Å². The number of hydrogen-bond acceptors (Lipinski definition) is 6. The molecule has 0 spiro atoms. The second-order valence-electron chi connectivity index (χ2n) is 8.79. The lowest BCUT2D eigenvalue weighted by Gasteiger charge is -2.31. The summed E-state index contributed by atoms with van der Waals surface area (Å²) in [6.45, 7) is 14.7. The smallest absolute Gasteiger partial charge is 0.403 e. The molecule has 1 N–H and O–H groups in total. The molecule has 0 amide bonds. The van der Waals surface area contributed by atoms with Crippen LogP contribution in [0.3, 0.4) is 0 Å². The molecule has 0 fully saturated rings. The van der Waals surface area contributed by atoms with E-state index >= 15 is 0 Å². The highest BCUT2D eigenvalue weighted by atomic mass is 32.1. The molecule has 0 aliphatic rings. The molecule has 2 aromatic rings. The molecule has 1 aromatic carbocycles. The molecule has 0 saturated carbocycles. The number of H-pyrrole nitrogens is 1. The molecular weight excluding hydrogens is 397 g/mol. The molecule has 0 aliphatic heterocycles. The van der Waals surface area contributed by atoms with E-state index < -0.39 is 19.0 Å². The zero-order chi connectivity index (χ0) is 21.5. The molecule has 1 aromatic heterocycles. The zero-order valence-electron chi connectivity index (χ0n) is 18.0. The number of nitrogens with zero attached hydrogens (tertiary/aromatic N) is 2. The Morgan fingerprint density at radius 2 is 1.54 bits per heavy atom. The lowest BCUT2D eigenvalue weighted by molar-refractivity contribution is 0.0225. The van der Waals surface area contributed by atoms with E-state index in [1.165, 1.54) is 0 Å². The average Bonchev–Trinajstić information content (AvgIpc) is 2.78. The highest BCUT2D eigenvalue weighted by molar-refractivity contribution is 7.71. The van der Waals surface area contributed by atoms with E-state index in [0.29, 0.717) is 21.9 Å². The van der Waals surface area contributed by atoms with Crippen molar-refractivity contribution in [2.75, 3.05) is 0 Å². The van der Waals surface area contributed by atoms with Gasteiger partial charge in [-0.1, -0.05) is 0 Å². The molecule has 7 nitrogen and oxygen atoms in total. The third kappa shape index (κ3) is 5.77. The van der Waals surface area contributed by atoms with E-state index in [-0.39, 0.29) is 0 Å². The molecule has 0 radical (unpaired) electrons. The highest BCUT2D eigenvalue weighted by Gasteiger charge is 2.39. The van der Waals surface area contributed by atoms with Crippen LogP contribution >= 0.6 is 20.0 Å². The summed E-state index contributed by atoms with van der Waals surface area (Å²) in [7, 11) is -2.15. The van der Waals surface area contributed by atoms with Crippen molar-refractivity contribution in [1.82, 2.24) is 14.8 Å². The summed E-state index contributed by atoms with van der Waals surface area (Å²) in [4.78, 5) is 0. The van der Waals surface area contributed by atoms with E-state index in [2.05, 4.69) is 10.2 Å². The number of nitrogens with one attached hydrogen (secondary N) is 1. The molecule has 9 heteroatoms. The number of phosphoric acid groups is 1. The first kappa shape index (κ1) is 22.8. The quantitative estimate of drug-likeness (QED) is 0.474. The van der Waals surface area contributed by atoms with Gasteiger partial charge in [0, 0.05) is 7.05 Å². The maximum Gasteiger partial charge on any atom is 0.531 e. The van der Waals surface area contributed by atoms with E-state index in [0.717, 1.165) is 11.1 Å². The number of rotatable bonds is 5. The topological polar surface area (TPSA) is 78.4 Å². The fraction of sp³-hybridized carbons (Fsp3) is 0.579. The Hall–Kier alpha value is -1.47. The summed E-state index contributed by atoms with van der Waals surface area (Å²) in [5.74, 6) is 0.929. The second kappa shape index (κ2) is 7.75. The van der Waals surface area contributed by atoms with Crippen LogP contribution in [0.1, 0.15) is 52.7 Å². The minimum atomic E-state index is -3.95. The summed E-state index contributed by atoms with van der Waals surface area (Å²) in [6, 6.07) is 3.74. The number of aryl methyl sites for hydroxylation is 2. The average molecular weight is 428 g/mol. The lowest BCUT2D eigenvalue weighted by Crippen LogP contribution is -2.25. The van der Waals surface area contributed by atoms with Crippen molar-refractivity contribution in [2.45, 2.75) is 66.6 Å². The van der Waals surface area contributed by atoms with E-state index in [4.69, 9.17) is 25.8 Å². The molecule has 0 bridgehead atoms. The SMILES string of the molecule is Cc1cc(OP(=O)(OC(C)(C)C)OC(C)(C)C)c(-c2n[nH]c(=S)n2C)cc1C. The third-order valence-electron chi connectivity index (χ3n) is 3.70. The first-order valence-electron chi connectivity index (χ1n) is 9.04. The van der Waals surface area contributed by atoms with Gasteiger partial charge in [-0.2, -0.15) is 5.10 Å². The summed E-state index contributed by atoms with van der Waals surface area (Å²) < 4.78 is 33.2. The van der Waals surface area contributed by atoms with Crippen molar-refractivity contribution in [3.8, 4) is 17.1 Å². The summed E-state index contributed by atoms with van der Waals surface area (Å²) >= 11 is 5.23. The van der Waals surface area contributed by atoms with Crippen LogP contribution in [0.5, 0.6) is 5.75 Å². The van der Waals surface area contributed by atoms with E-state index in [1.807, 2.05) is 26.0 Å². The van der Waals surface area contributed by atoms with Crippen LogP contribution in [0.15, 0.2) is 12.1 Å². The normalized spacial score (nSPS) is 13.0. The van der Waals surface area contributed by atoms with E-state index in [9.17, 15) is 4.57 Å². The fourth-order valence-corrected chi connectivity index (χ4v) is 4.45. The maximum absolute atomic E-state index is 13.6. The molecule has 0 aliphatic carbocycles. The van der Waals surface area contributed by atoms with Gasteiger partial charge in [0.15, 0.2) is 10.6 Å². The molecule has 28 heavy (non-hydrogen) atoms. The predicted octanol–water partition coefficient (Wildman–Crippen LogP) is 5.88. The Morgan fingerprint density at radius 1 is 1.04 bits per heavy atom. The van der Waals surface area contributed by atoms with Gasteiger partial charge in [-0.25, -0.2) is 4.57 Å². The molecule has 0 unspecified atom stereocenters. The zero-order valence-corrected chi connectivity index (χ0v) is 19.7. The van der Waals surface area contributed by atoms with Gasteiger partial charge in [0.25, 0.3) is 0 Å². The fourth-order valence-electron chi connectivity index (χ4n) is 2.48. The summed E-state index contributed by atoms with van der Waals surface area (Å²) in [6.07, 6.45) is 0. The van der Waals surface area contributed by atoms with Gasteiger partial charge in [0.05, 0.1) is 16.8 Å². The van der Waals surface area contributed by atoms with Crippen molar-refractivity contribution in [2.24, 2.45) is 7.05 Å². The van der Waals surface area contributed by atoms with Crippen LogP contribution in [-0.4, -0.2) is 26.0 Å². The van der Waals surface area contributed by atoms with E-state index in [1.54, 1.807) is 53.2 Å². The molecule has 156 valence electrons. The molecule has 0 atom stereocenters. The first-order chi connectivity index (χ1) is 12.6. The first-order valence-corrected chi connectivity index (χ1v) is 10.9. The van der Waals surface area contributed by atoms with Gasteiger partial charge in [-0.3, -0.25) is 14.1 Å². The van der Waals surface area contributed by atoms with Crippen molar-refractivity contribution >= 4 is 20.0 Å². The molecule has 1 heterocycles. The van der Waals surface area contributed by atoms with Crippen LogP contribution in [0, 0.1) is 18.6 Å². The highest BCUT2D eigenvalue weighted by Crippen LogP contribution is 2.56. The predicted molar refractivity (Wildman–Crippen MR) is 113 cm³/mol. The molecular formula is C19H30N3O4PS. The Kier molecular flexibility index (Phi) is 6.31. The lowest BCUT2D eigenvalue weighted by atomic mass is 10.0. The van der Waals surface area contributed by atoms with Crippen molar-refractivity contribution in [3.63, 3.8) is 0 Å². The maximum atomic E-state index is 13.6. The van der Waals surface area contributed by atoms with Gasteiger partial charge in [-0.05, 0) is 90.9 Å². The van der Waals surface area contributed by atoms with Crippen molar-refractivity contribution < 1.29 is 18.1 Å². The van der Waals surface area contributed by atoms with Gasteiger partial charge in [0.2, 0.25) is 0 Å². The van der Waals surface area contributed by atoms with Gasteiger partial charge >= 0.3 is 7.82 Å². The minimum Gasteiger partial charge on any atom is -0.403 e. The summed E-state index contributed by atoms with van der Waals surface area (Å²) in [5.41, 5.74) is 1.21.